The summed E-state index contributed by atoms with van der Waals surface area (Å²) >= 11 is 1.78. The van der Waals surface area contributed by atoms with Gasteiger partial charge in [-0.15, -0.1) is 11.3 Å². The van der Waals surface area contributed by atoms with E-state index in [1.165, 1.54) is 17.7 Å². The van der Waals surface area contributed by atoms with Crippen molar-refractivity contribution in [3.63, 3.8) is 0 Å². The van der Waals surface area contributed by atoms with Crippen molar-refractivity contribution in [1.29, 1.82) is 0 Å². The van der Waals surface area contributed by atoms with E-state index in [1.807, 2.05) is 0 Å². The molecule has 0 bridgehead atoms. The third-order valence-corrected chi connectivity index (χ3v) is 4.32. The van der Waals surface area contributed by atoms with Crippen molar-refractivity contribution >= 4 is 17.2 Å². The normalized spacial score (nSPS) is 21.2. The van der Waals surface area contributed by atoms with Crippen molar-refractivity contribution in [2.45, 2.75) is 37.8 Å². The molecule has 2 aliphatic rings. The van der Waals surface area contributed by atoms with E-state index >= 15 is 0 Å². The van der Waals surface area contributed by atoms with E-state index in [0.717, 1.165) is 18.8 Å². The van der Waals surface area contributed by atoms with Crippen LogP contribution in [0.4, 0.5) is 0 Å². The number of carbonyl (C=O) groups excluding carboxylic acids is 1. The molecule has 0 saturated heterocycles. The Morgan fingerprint density at radius 3 is 2.82 bits per heavy atom. The van der Waals surface area contributed by atoms with Crippen molar-refractivity contribution in [3.05, 3.63) is 22.4 Å². The van der Waals surface area contributed by atoms with Gasteiger partial charge in [-0.2, -0.15) is 0 Å². The first-order chi connectivity index (χ1) is 8.33. The Kier molecular flexibility index (Phi) is 3.16. The molecule has 2 fully saturated rings. The van der Waals surface area contributed by atoms with Crippen molar-refractivity contribution in [1.82, 2.24) is 10.6 Å². The molecule has 17 heavy (non-hydrogen) atoms. The van der Waals surface area contributed by atoms with Crippen LogP contribution in [0.5, 0.6) is 0 Å². The summed E-state index contributed by atoms with van der Waals surface area (Å²) in [6.07, 6.45) is 4.89. The van der Waals surface area contributed by atoms with Gasteiger partial charge in [0.05, 0.1) is 6.54 Å². The van der Waals surface area contributed by atoms with E-state index in [2.05, 4.69) is 28.1 Å². The molecule has 0 aliphatic heterocycles. The highest BCUT2D eigenvalue weighted by atomic mass is 32.1. The Labute approximate surface area is 106 Å². The lowest BCUT2D eigenvalue weighted by Gasteiger charge is -2.16. The first kappa shape index (κ1) is 11.2. The van der Waals surface area contributed by atoms with Crippen LogP contribution in [0.1, 0.15) is 36.6 Å². The maximum Gasteiger partial charge on any atom is 0.234 e. The quantitative estimate of drug-likeness (QED) is 0.811. The van der Waals surface area contributed by atoms with E-state index in [4.69, 9.17) is 0 Å². The van der Waals surface area contributed by atoms with Gasteiger partial charge < -0.3 is 10.6 Å². The molecule has 2 saturated carbocycles. The van der Waals surface area contributed by atoms with Crippen molar-refractivity contribution < 1.29 is 4.79 Å². The lowest BCUT2D eigenvalue weighted by molar-refractivity contribution is -0.120. The topological polar surface area (TPSA) is 41.1 Å². The summed E-state index contributed by atoms with van der Waals surface area (Å²) in [6, 6.07) is 5.10. The van der Waals surface area contributed by atoms with Crippen molar-refractivity contribution in [2.24, 2.45) is 5.92 Å². The summed E-state index contributed by atoms with van der Waals surface area (Å²) in [4.78, 5) is 13.0. The zero-order valence-electron chi connectivity index (χ0n) is 9.82. The smallest absolute Gasteiger partial charge is 0.234 e. The fraction of sp³-hybridized carbons (Fsp3) is 0.615. The Hall–Kier alpha value is -0.870. The maximum atomic E-state index is 11.6. The Balaban J connectivity index is 1.52. The molecule has 1 heterocycles. The second-order valence-electron chi connectivity index (χ2n) is 5.05. The SMILES string of the molecule is O=C(CNC(c1cccs1)C1CC1)NC1CC1. The average molecular weight is 250 g/mol. The lowest BCUT2D eigenvalue weighted by atomic mass is 10.1. The van der Waals surface area contributed by atoms with E-state index < -0.39 is 0 Å². The molecular weight excluding hydrogens is 232 g/mol. The molecule has 0 radical (unpaired) electrons. The molecule has 0 spiro atoms. The first-order valence-corrected chi connectivity index (χ1v) is 7.27. The summed E-state index contributed by atoms with van der Waals surface area (Å²) in [6.45, 7) is 0.454. The van der Waals surface area contributed by atoms with Gasteiger partial charge in [0.25, 0.3) is 0 Å². The number of nitrogens with one attached hydrogen (secondary N) is 2. The molecule has 1 atom stereocenters. The van der Waals surface area contributed by atoms with E-state index in [1.54, 1.807) is 11.3 Å². The molecule has 3 nitrogen and oxygen atoms in total. The number of hydrogen-bond acceptors (Lipinski definition) is 3. The number of hydrogen-bond donors (Lipinski definition) is 2. The minimum absolute atomic E-state index is 0.148. The van der Waals surface area contributed by atoms with Crippen LogP contribution < -0.4 is 10.6 Å². The molecule has 1 aromatic rings. The summed E-state index contributed by atoms with van der Waals surface area (Å²) in [5.74, 6) is 0.886. The van der Waals surface area contributed by atoms with Gasteiger partial charge in [0.2, 0.25) is 5.91 Å². The number of rotatable bonds is 6. The van der Waals surface area contributed by atoms with Crippen molar-refractivity contribution in [3.8, 4) is 0 Å². The van der Waals surface area contributed by atoms with Crippen LogP contribution in [0.3, 0.4) is 0 Å². The highest BCUT2D eigenvalue weighted by molar-refractivity contribution is 7.10. The van der Waals surface area contributed by atoms with E-state index in [0.29, 0.717) is 18.6 Å². The molecular formula is C13H18N2OS. The summed E-state index contributed by atoms with van der Waals surface area (Å²) in [5.41, 5.74) is 0. The third kappa shape index (κ3) is 3.07. The van der Waals surface area contributed by atoms with Gasteiger partial charge in [0.1, 0.15) is 0 Å². The Bertz CT molecular complexity index is 382. The molecule has 1 aromatic heterocycles. The van der Waals surface area contributed by atoms with Crippen LogP contribution in [0, 0.1) is 5.92 Å². The second kappa shape index (κ2) is 4.78. The van der Waals surface area contributed by atoms with Crippen LogP contribution in [0.15, 0.2) is 17.5 Å². The van der Waals surface area contributed by atoms with Crippen molar-refractivity contribution in [2.75, 3.05) is 6.54 Å². The highest BCUT2D eigenvalue weighted by Gasteiger charge is 2.33. The molecule has 0 aromatic carbocycles. The first-order valence-electron chi connectivity index (χ1n) is 6.39. The lowest BCUT2D eigenvalue weighted by Crippen LogP contribution is -2.37. The molecule has 92 valence electrons. The average Bonchev–Trinajstić information content (AvgIpc) is 3.22. The zero-order chi connectivity index (χ0) is 11.7. The number of carbonyl (C=O) groups is 1. The van der Waals surface area contributed by atoms with Crippen LogP contribution in [0.25, 0.3) is 0 Å². The summed E-state index contributed by atoms with van der Waals surface area (Å²) in [7, 11) is 0. The largest absolute Gasteiger partial charge is 0.352 e. The zero-order valence-corrected chi connectivity index (χ0v) is 10.6. The highest BCUT2D eigenvalue weighted by Crippen LogP contribution is 2.42. The minimum Gasteiger partial charge on any atom is -0.352 e. The number of thiophene rings is 1. The van der Waals surface area contributed by atoms with Gasteiger partial charge in [0, 0.05) is 17.0 Å². The molecule has 2 N–H and O–H groups in total. The Morgan fingerprint density at radius 2 is 2.24 bits per heavy atom. The van der Waals surface area contributed by atoms with Gasteiger partial charge >= 0.3 is 0 Å². The molecule has 1 unspecified atom stereocenters. The standard InChI is InChI=1S/C13H18N2OS/c16-12(15-10-5-6-10)8-14-13(9-3-4-9)11-2-1-7-17-11/h1-2,7,9-10,13-14H,3-6,8H2,(H,15,16). The predicted molar refractivity (Wildman–Crippen MR) is 69.0 cm³/mol. The number of amides is 1. The summed E-state index contributed by atoms with van der Waals surface area (Å²) < 4.78 is 0. The van der Waals surface area contributed by atoms with Gasteiger partial charge in [-0.05, 0) is 43.0 Å². The Morgan fingerprint density at radius 1 is 1.41 bits per heavy atom. The van der Waals surface area contributed by atoms with Crippen LogP contribution in [-0.2, 0) is 4.79 Å². The van der Waals surface area contributed by atoms with E-state index in [-0.39, 0.29) is 5.91 Å². The van der Waals surface area contributed by atoms with Crippen LogP contribution >= 0.6 is 11.3 Å². The second-order valence-corrected chi connectivity index (χ2v) is 6.03. The van der Waals surface area contributed by atoms with Gasteiger partial charge in [-0.3, -0.25) is 4.79 Å². The monoisotopic (exact) mass is 250 g/mol. The third-order valence-electron chi connectivity index (χ3n) is 3.37. The fourth-order valence-electron chi connectivity index (χ4n) is 2.11. The molecule has 4 heteroatoms. The fourth-order valence-corrected chi connectivity index (χ4v) is 3.00. The minimum atomic E-state index is 0.148. The summed E-state index contributed by atoms with van der Waals surface area (Å²) in [5, 5.41) is 8.54. The predicted octanol–water partition coefficient (Wildman–Crippen LogP) is 2.07. The van der Waals surface area contributed by atoms with Crippen LogP contribution in [0.2, 0.25) is 0 Å². The molecule has 3 rings (SSSR count). The molecule has 2 aliphatic carbocycles. The van der Waals surface area contributed by atoms with E-state index in [9.17, 15) is 4.79 Å². The van der Waals surface area contributed by atoms with Gasteiger partial charge in [-0.25, -0.2) is 0 Å². The molecule has 1 amide bonds. The van der Waals surface area contributed by atoms with Gasteiger partial charge in [0.15, 0.2) is 0 Å². The van der Waals surface area contributed by atoms with Crippen LogP contribution in [-0.4, -0.2) is 18.5 Å². The van der Waals surface area contributed by atoms with Gasteiger partial charge in [-0.1, -0.05) is 6.07 Å². The maximum absolute atomic E-state index is 11.6.